The number of carbonyl (C=O) groups excluding carboxylic acids is 3. The molecular weight excluding hydrogens is 408 g/mol. The highest BCUT2D eigenvalue weighted by atomic mass is 32.2. The van der Waals surface area contributed by atoms with Crippen molar-refractivity contribution < 1.29 is 28.6 Å². The van der Waals surface area contributed by atoms with Crippen LogP contribution in [0.5, 0.6) is 5.75 Å². The first kappa shape index (κ1) is 22.0. The molecule has 1 saturated heterocycles. The average Bonchev–Trinajstić information content (AvgIpc) is 3.02. The molecule has 0 aliphatic carbocycles. The summed E-state index contributed by atoms with van der Waals surface area (Å²) in [4.78, 5) is 43.3. The number of allylic oxidation sites excluding steroid dienone is 1. The summed E-state index contributed by atoms with van der Waals surface area (Å²) in [6.45, 7) is 5.37. The summed E-state index contributed by atoms with van der Waals surface area (Å²) in [7, 11) is 1.52. The standard InChI is InChI=1S/C21H24N2O6S/c1-5-16-19(25)23-18(14-6-8-15(9-7-14)29-13(3)24)17(12(2)22-21(23)30-16)20(26)28-11-10-27-4/h6-9,16,18H,5,10-11H2,1-4H3/t16-,18-/m1/s1. The van der Waals surface area contributed by atoms with E-state index in [4.69, 9.17) is 14.2 Å². The first-order valence-electron chi connectivity index (χ1n) is 9.61. The minimum Gasteiger partial charge on any atom is -0.460 e. The lowest BCUT2D eigenvalue weighted by Crippen LogP contribution is -2.40. The number of aliphatic imine (C=N–C) groups is 1. The van der Waals surface area contributed by atoms with Crippen molar-refractivity contribution >= 4 is 34.8 Å². The Balaban J connectivity index is 2.01. The number of rotatable bonds is 7. The van der Waals surface area contributed by atoms with Gasteiger partial charge in [-0.15, -0.1) is 0 Å². The first-order chi connectivity index (χ1) is 14.4. The molecule has 0 radical (unpaired) electrons. The van der Waals surface area contributed by atoms with Crippen LogP contribution in [-0.4, -0.2) is 53.5 Å². The zero-order valence-corrected chi connectivity index (χ0v) is 18.2. The van der Waals surface area contributed by atoms with Crippen LogP contribution in [0.3, 0.4) is 0 Å². The van der Waals surface area contributed by atoms with Gasteiger partial charge in [-0.1, -0.05) is 30.8 Å². The van der Waals surface area contributed by atoms with E-state index in [1.54, 1.807) is 36.1 Å². The topological polar surface area (TPSA) is 94.5 Å². The number of fused-ring (bicyclic) bond motifs is 1. The predicted octanol–water partition coefficient (Wildman–Crippen LogP) is 2.84. The lowest BCUT2D eigenvalue weighted by atomic mass is 9.94. The Hall–Kier alpha value is -2.65. The molecule has 1 aromatic rings. The Morgan fingerprint density at radius 1 is 1.20 bits per heavy atom. The smallest absolute Gasteiger partial charge is 0.338 e. The van der Waals surface area contributed by atoms with Gasteiger partial charge in [0.25, 0.3) is 0 Å². The van der Waals surface area contributed by atoms with Gasteiger partial charge in [-0.2, -0.15) is 0 Å². The molecule has 9 heteroatoms. The van der Waals surface area contributed by atoms with Crippen LogP contribution in [0.25, 0.3) is 0 Å². The van der Waals surface area contributed by atoms with Gasteiger partial charge in [0.05, 0.1) is 29.2 Å². The highest BCUT2D eigenvalue weighted by Gasteiger charge is 2.47. The van der Waals surface area contributed by atoms with Crippen LogP contribution in [0.15, 0.2) is 40.5 Å². The average molecular weight is 432 g/mol. The number of benzene rings is 1. The Bertz CT molecular complexity index is 909. The summed E-state index contributed by atoms with van der Waals surface area (Å²) in [5.41, 5.74) is 1.51. The normalized spacial score (nSPS) is 20.7. The van der Waals surface area contributed by atoms with Crippen molar-refractivity contribution in [2.24, 2.45) is 4.99 Å². The lowest BCUT2D eigenvalue weighted by Gasteiger charge is -2.33. The summed E-state index contributed by atoms with van der Waals surface area (Å²) in [6.07, 6.45) is 0.657. The summed E-state index contributed by atoms with van der Waals surface area (Å²) in [6, 6.07) is 6.07. The molecular formula is C21H24N2O6S. The van der Waals surface area contributed by atoms with E-state index in [-0.39, 0.29) is 24.4 Å². The van der Waals surface area contributed by atoms with Crippen molar-refractivity contribution in [1.82, 2.24) is 4.90 Å². The summed E-state index contributed by atoms with van der Waals surface area (Å²) in [5.74, 6) is -0.677. The second kappa shape index (κ2) is 9.44. The Morgan fingerprint density at radius 3 is 2.50 bits per heavy atom. The molecule has 160 valence electrons. The van der Waals surface area contributed by atoms with Crippen LogP contribution in [0.1, 0.15) is 38.8 Å². The van der Waals surface area contributed by atoms with Crippen LogP contribution in [0, 0.1) is 0 Å². The molecule has 0 N–H and O–H groups in total. The van der Waals surface area contributed by atoms with Crippen LogP contribution in [0.4, 0.5) is 0 Å². The van der Waals surface area contributed by atoms with E-state index in [1.807, 2.05) is 6.92 Å². The molecule has 2 aliphatic heterocycles. The third-order valence-corrected chi connectivity index (χ3v) is 6.04. The number of amides is 1. The second-order valence-electron chi connectivity index (χ2n) is 6.81. The minimum absolute atomic E-state index is 0.0926. The molecule has 2 heterocycles. The van der Waals surface area contributed by atoms with Crippen molar-refractivity contribution in [1.29, 1.82) is 0 Å². The maximum atomic E-state index is 13.1. The number of hydrogen-bond acceptors (Lipinski definition) is 8. The summed E-state index contributed by atoms with van der Waals surface area (Å²) in [5, 5.41) is 0.329. The monoisotopic (exact) mass is 432 g/mol. The fraction of sp³-hybridized carbons (Fsp3) is 0.429. The van der Waals surface area contributed by atoms with Gasteiger partial charge in [0.2, 0.25) is 5.91 Å². The van der Waals surface area contributed by atoms with Crippen molar-refractivity contribution in [3.05, 3.63) is 41.1 Å². The van der Waals surface area contributed by atoms with Crippen LogP contribution in [-0.2, 0) is 23.9 Å². The number of thioether (sulfide) groups is 1. The fourth-order valence-electron chi connectivity index (χ4n) is 3.34. The Kier molecular flexibility index (Phi) is 6.94. The number of nitrogens with zero attached hydrogens (tertiary/aromatic N) is 2. The number of amidine groups is 1. The molecule has 0 bridgehead atoms. The number of methoxy groups -OCH3 is 1. The van der Waals surface area contributed by atoms with Crippen molar-refractivity contribution in [3.63, 3.8) is 0 Å². The van der Waals surface area contributed by atoms with E-state index in [9.17, 15) is 14.4 Å². The number of ether oxygens (including phenoxy) is 3. The summed E-state index contributed by atoms with van der Waals surface area (Å²) >= 11 is 1.40. The zero-order chi connectivity index (χ0) is 21.8. The maximum Gasteiger partial charge on any atom is 0.338 e. The maximum absolute atomic E-state index is 13.1. The minimum atomic E-state index is -0.671. The zero-order valence-electron chi connectivity index (χ0n) is 17.3. The van der Waals surface area contributed by atoms with Gasteiger partial charge < -0.3 is 14.2 Å². The number of esters is 2. The number of hydrogen-bond donors (Lipinski definition) is 0. The Labute approximate surface area is 179 Å². The highest BCUT2D eigenvalue weighted by Crippen LogP contribution is 2.44. The largest absolute Gasteiger partial charge is 0.460 e. The second-order valence-corrected chi connectivity index (χ2v) is 7.98. The lowest BCUT2D eigenvalue weighted by molar-refractivity contribution is -0.141. The van der Waals surface area contributed by atoms with E-state index in [1.165, 1.54) is 25.8 Å². The molecule has 1 fully saturated rings. The van der Waals surface area contributed by atoms with Crippen molar-refractivity contribution in [2.75, 3.05) is 20.3 Å². The van der Waals surface area contributed by atoms with Gasteiger partial charge in [-0.05, 0) is 31.0 Å². The molecule has 0 aromatic heterocycles. The van der Waals surface area contributed by atoms with E-state index in [0.29, 0.717) is 34.2 Å². The molecule has 1 amide bonds. The van der Waals surface area contributed by atoms with E-state index in [2.05, 4.69) is 4.99 Å². The quantitative estimate of drug-likeness (QED) is 0.371. The molecule has 8 nitrogen and oxygen atoms in total. The van der Waals surface area contributed by atoms with Crippen molar-refractivity contribution in [2.45, 2.75) is 38.5 Å². The van der Waals surface area contributed by atoms with Gasteiger partial charge in [0.15, 0.2) is 5.17 Å². The predicted molar refractivity (Wildman–Crippen MR) is 112 cm³/mol. The van der Waals surface area contributed by atoms with E-state index >= 15 is 0 Å². The van der Waals surface area contributed by atoms with Crippen LogP contribution in [0.2, 0.25) is 0 Å². The molecule has 0 unspecified atom stereocenters. The molecule has 3 rings (SSSR count). The third kappa shape index (κ3) is 4.41. The molecule has 0 spiro atoms. The van der Waals surface area contributed by atoms with Gasteiger partial charge in [-0.3, -0.25) is 14.5 Å². The SMILES string of the molecule is CC[C@H]1SC2=NC(C)=C(C(=O)OCCOC)[C@@H](c3ccc(OC(C)=O)cc3)N2C1=O. The first-order valence-corrected chi connectivity index (χ1v) is 10.5. The van der Waals surface area contributed by atoms with E-state index < -0.39 is 18.0 Å². The molecule has 1 aromatic carbocycles. The molecule has 2 atom stereocenters. The Morgan fingerprint density at radius 2 is 1.90 bits per heavy atom. The van der Waals surface area contributed by atoms with Gasteiger partial charge in [0.1, 0.15) is 12.4 Å². The summed E-state index contributed by atoms with van der Waals surface area (Å²) < 4.78 is 15.4. The molecule has 2 aliphatic rings. The third-order valence-electron chi connectivity index (χ3n) is 4.72. The van der Waals surface area contributed by atoms with Crippen molar-refractivity contribution in [3.8, 4) is 5.75 Å². The molecule has 30 heavy (non-hydrogen) atoms. The number of carbonyl (C=O) groups is 3. The van der Waals surface area contributed by atoms with E-state index in [0.717, 1.165) is 0 Å². The van der Waals surface area contributed by atoms with Crippen LogP contribution < -0.4 is 4.74 Å². The fourth-order valence-corrected chi connectivity index (χ4v) is 4.48. The van der Waals surface area contributed by atoms with Gasteiger partial charge in [-0.25, -0.2) is 9.79 Å². The highest BCUT2D eigenvalue weighted by molar-refractivity contribution is 8.15. The van der Waals surface area contributed by atoms with Crippen LogP contribution >= 0.6 is 11.8 Å². The van der Waals surface area contributed by atoms with Gasteiger partial charge in [0, 0.05) is 14.0 Å². The molecule has 0 saturated carbocycles. The van der Waals surface area contributed by atoms with Gasteiger partial charge >= 0.3 is 11.9 Å².